The average Bonchev–Trinajstić information content (AvgIpc) is 2.44. The fraction of sp³-hybridized carbons (Fsp3) is 0.429. The lowest BCUT2D eigenvalue weighted by Crippen LogP contribution is -2.33. The summed E-state index contributed by atoms with van der Waals surface area (Å²) in [7, 11) is -2.38. The molecule has 0 aliphatic carbocycles. The van der Waals surface area contributed by atoms with Gasteiger partial charge in [0.25, 0.3) is 0 Å². The molecule has 1 aromatic rings. The van der Waals surface area contributed by atoms with Gasteiger partial charge >= 0.3 is 5.97 Å². The van der Waals surface area contributed by atoms with Crippen LogP contribution < -0.4 is 0 Å². The van der Waals surface area contributed by atoms with Crippen molar-refractivity contribution in [1.29, 1.82) is 5.26 Å². The van der Waals surface area contributed by atoms with Crippen LogP contribution >= 0.6 is 0 Å². The first kappa shape index (κ1) is 17.1. The second kappa shape index (κ2) is 7.76. The van der Waals surface area contributed by atoms with Crippen LogP contribution in [-0.2, 0) is 19.6 Å². The lowest BCUT2D eigenvalue weighted by molar-refractivity contribution is -0.143. The molecule has 0 spiro atoms. The summed E-state index contributed by atoms with van der Waals surface area (Å²) in [4.78, 5) is 11.7. The zero-order chi connectivity index (χ0) is 15.9. The highest BCUT2D eigenvalue weighted by Crippen LogP contribution is 2.14. The zero-order valence-corrected chi connectivity index (χ0v) is 12.9. The molecule has 0 radical (unpaired) electrons. The van der Waals surface area contributed by atoms with E-state index in [2.05, 4.69) is 0 Å². The summed E-state index contributed by atoms with van der Waals surface area (Å²) in [5.74, 6) is -0.633. The molecule has 0 amide bonds. The minimum atomic E-state index is -3.71. The van der Waals surface area contributed by atoms with Crippen molar-refractivity contribution in [3.05, 3.63) is 29.8 Å². The summed E-state index contributed by atoms with van der Waals surface area (Å²) in [6, 6.07) is 8.32. The van der Waals surface area contributed by atoms with Crippen LogP contribution in [0.2, 0.25) is 0 Å². The van der Waals surface area contributed by atoms with Gasteiger partial charge in [-0.1, -0.05) is 17.7 Å². The van der Waals surface area contributed by atoms with Gasteiger partial charge in [0.2, 0.25) is 10.0 Å². The van der Waals surface area contributed by atoms with Crippen LogP contribution in [0.1, 0.15) is 18.4 Å². The van der Waals surface area contributed by atoms with Crippen molar-refractivity contribution >= 4 is 16.0 Å². The smallest absolute Gasteiger partial charge is 0.321 e. The number of sulfonamides is 1. The number of ether oxygens (including phenoxy) is 1. The van der Waals surface area contributed by atoms with Gasteiger partial charge in [-0.25, -0.2) is 8.42 Å². The van der Waals surface area contributed by atoms with Gasteiger partial charge in [-0.3, -0.25) is 4.79 Å². The number of carbonyl (C=O) groups excluding carboxylic acids is 1. The lowest BCUT2D eigenvalue weighted by Gasteiger charge is -2.16. The number of unbranched alkanes of at least 4 members (excludes halogenated alkanes) is 1. The first-order valence-corrected chi connectivity index (χ1v) is 7.87. The largest absolute Gasteiger partial charge is 0.465 e. The van der Waals surface area contributed by atoms with Crippen molar-refractivity contribution in [3.8, 4) is 6.07 Å². The van der Waals surface area contributed by atoms with Gasteiger partial charge in [-0.2, -0.15) is 9.57 Å². The third-order valence-corrected chi connectivity index (χ3v) is 4.59. The number of likely N-dealkylation sites (N-methyl/N-ethyl adjacent to an activating group) is 1. The topological polar surface area (TPSA) is 87.5 Å². The Morgan fingerprint density at radius 2 is 1.95 bits per heavy atom. The number of esters is 1. The molecule has 0 atom stereocenters. The number of carbonyl (C=O) groups is 1. The van der Waals surface area contributed by atoms with Crippen molar-refractivity contribution in [2.45, 2.75) is 24.7 Å². The van der Waals surface area contributed by atoms with Gasteiger partial charge in [-0.05, 0) is 25.5 Å². The highest BCUT2D eigenvalue weighted by Gasteiger charge is 2.23. The average molecular weight is 310 g/mol. The molecule has 1 aromatic carbocycles. The molecule has 0 saturated carbocycles. The Morgan fingerprint density at radius 3 is 2.52 bits per heavy atom. The molecule has 21 heavy (non-hydrogen) atoms. The summed E-state index contributed by atoms with van der Waals surface area (Å²) in [6.45, 7) is 1.62. The van der Waals surface area contributed by atoms with E-state index in [4.69, 9.17) is 10.00 Å². The van der Waals surface area contributed by atoms with Crippen LogP contribution in [0.4, 0.5) is 0 Å². The zero-order valence-electron chi connectivity index (χ0n) is 12.1. The molecular formula is C14H18N2O4S. The van der Waals surface area contributed by atoms with E-state index in [1.807, 2.05) is 13.0 Å². The Morgan fingerprint density at radius 1 is 1.33 bits per heavy atom. The third kappa shape index (κ3) is 5.17. The fourth-order valence-electron chi connectivity index (χ4n) is 1.54. The quantitative estimate of drug-likeness (QED) is 0.562. The second-order valence-electron chi connectivity index (χ2n) is 4.56. The molecule has 1 rings (SSSR count). The van der Waals surface area contributed by atoms with Crippen LogP contribution in [0.25, 0.3) is 0 Å². The molecule has 114 valence electrons. The normalized spacial score (nSPS) is 11.1. The van der Waals surface area contributed by atoms with E-state index in [-0.39, 0.29) is 18.0 Å². The summed E-state index contributed by atoms with van der Waals surface area (Å²) in [5, 5.41) is 8.35. The minimum absolute atomic E-state index is 0.116. The van der Waals surface area contributed by atoms with Gasteiger partial charge in [0.15, 0.2) is 0 Å². The van der Waals surface area contributed by atoms with Crippen molar-refractivity contribution in [3.63, 3.8) is 0 Å². The Hall–Kier alpha value is -1.91. The van der Waals surface area contributed by atoms with Crippen LogP contribution in [0.15, 0.2) is 29.2 Å². The maximum atomic E-state index is 12.2. The van der Waals surface area contributed by atoms with E-state index in [0.29, 0.717) is 12.8 Å². The monoisotopic (exact) mass is 310 g/mol. The minimum Gasteiger partial charge on any atom is -0.465 e. The first-order valence-electron chi connectivity index (χ1n) is 6.43. The number of hydrogen-bond donors (Lipinski definition) is 0. The molecule has 0 aliphatic heterocycles. The van der Waals surface area contributed by atoms with Crippen molar-refractivity contribution < 1.29 is 17.9 Å². The molecule has 7 heteroatoms. The highest BCUT2D eigenvalue weighted by molar-refractivity contribution is 7.89. The summed E-state index contributed by atoms with van der Waals surface area (Å²) in [6.07, 6.45) is 0.738. The van der Waals surface area contributed by atoms with E-state index >= 15 is 0 Å². The number of aryl methyl sites for hydroxylation is 1. The summed E-state index contributed by atoms with van der Waals surface area (Å²) >= 11 is 0. The maximum absolute atomic E-state index is 12.2. The number of hydrogen-bond acceptors (Lipinski definition) is 5. The Kier molecular flexibility index (Phi) is 6.34. The molecule has 0 saturated heterocycles. The molecule has 0 heterocycles. The Balaban J connectivity index is 2.61. The van der Waals surface area contributed by atoms with Gasteiger partial charge < -0.3 is 4.74 Å². The van der Waals surface area contributed by atoms with Crippen LogP contribution in [0.3, 0.4) is 0 Å². The van der Waals surface area contributed by atoms with E-state index in [0.717, 1.165) is 9.87 Å². The van der Waals surface area contributed by atoms with E-state index in [9.17, 15) is 13.2 Å². The Bertz CT molecular complexity index is 617. The molecule has 0 unspecified atom stereocenters. The van der Waals surface area contributed by atoms with E-state index in [1.165, 1.54) is 19.2 Å². The predicted molar refractivity (Wildman–Crippen MR) is 76.8 cm³/mol. The molecular weight excluding hydrogens is 292 g/mol. The van der Waals surface area contributed by atoms with Crippen molar-refractivity contribution in [2.75, 3.05) is 20.2 Å². The van der Waals surface area contributed by atoms with Gasteiger partial charge in [0.05, 0.1) is 17.6 Å². The molecule has 0 bridgehead atoms. The van der Waals surface area contributed by atoms with Crippen LogP contribution in [0, 0.1) is 18.3 Å². The molecule has 0 aromatic heterocycles. The van der Waals surface area contributed by atoms with E-state index in [1.54, 1.807) is 12.1 Å². The van der Waals surface area contributed by atoms with Crippen molar-refractivity contribution in [2.24, 2.45) is 0 Å². The van der Waals surface area contributed by atoms with Gasteiger partial charge in [-0.15, -0.1) is 0 Å². The lowest BCUT2D eigenvalue weighted by atomic mass is 10.2. The van der Waals surface area contributed by atoms with Gasteiger partial charge in [0, 0.05) is 13.5 Å². The molecule has 0 fully saturated rings. The van der Waals surface area contributed by atoms with Crippen molar-refractivity contribution in [1.82, 2.24) is 4.31 Å². The molecule has 0 N–H and O–H groups in total. The predicted octanol–water partition coefficient (Wildman–Crippen LogP) is 1.46. The summed E-state index contributed by atoms with van der Waals surface area (Å²) in [5.41, 5.74) is 0.952. The SMILES string of the molecule is Cc1ccc(S(=O)(=O)N(C)CC(=O)OCCCC#N)cc1. The number of nitriles is 1. The first-order chi connectivity index (χ1) is 9.87. The number of benzene rings is 1. The summed E-state index contributed by atoms with van der Waals surface area (Å²) < 4.78 is 30.3. The second-order valence-corrected chi connectivity index (χ2v) is 6.60. The highest BCUT2D eigenvalue weighted by atomic mass is 32.2. The Labute approximate surface area is 125 Å². The number of rotatable bonds is 7. The fourth-order valence-corrected chi connectivity index (χ4v) is 2.66. The van der Waals surface area contributed by atoms with Gasteiger partial charge in [0.1, 0.15) is 6.54 Å². The molecule has 6 nitrogen and oxygen atoms in total. The van der Waals surface area contributed by atoms with Crippen LogP contribution in [-0.4, -0.2) is 38.9 Å². The number of nitrogens with zero attached hydrogens (tertiary/aromatic N) is 2. The maximum Gasteiger partial charge on any atom is 0.321 e. The third-order valence-electron chi connectivity index (χ3n) is 2.78. The van der Waals surface area contributed by atoms with E-state index < -0.39 is 16.0 Å². The molecule has 0 aliphatic rings. The van der Waals surface area contributed by atoms with Crippen LogP contribution in [0.5, 0.6) is 0 Å². The standard InChI is InChI=1S/C14H18N2O4S/c1-12-5-7-13(8-6-12)21(18,19)16(2)11-14(17)20-10-4-3-9-15/h5-8H,3-4,10-11H2,1-2H3.